The average Bonchev–Trinajstić information content (AvgIpc) is 3.15. The van der Waals surface area contributed by atoms with E-state index in [-0.39, 0.29) is 12.5 Å². The summed E-state index contributed by atoms with van der Waals surface area (Å²) in [5.74, 6) is 0.677. The maximum atomic E-state index is 12.7. The van der Waals surface area contributed by atoms with Crippen LogP contribution in [0.15, 0.2) is 60.2 Å². The summed E-state index contributed by atoms with van der Waals surface area (Å²) in [6.07, 6.45) is 1.56. The van der Waals surface area contributed by atoms with Crippen molar-refractivity contribution in [3.8, 4) is 11.1 Å². The zero-order valence-electron chi connectivity index (χ0n) is 16.6. The summed E-state index contributed by atoms with van der Waals surface area (Å²) in [5, 5.41) is 6.10. The van der Waals surface area contributed by atoms with Crippen LogP contribution in [0.4, 0.5) is 11.5 Å². The first-order valence-corrected chi connectivity index (χ1v) is 10.3. The molecule has 5 nitrogen and oxygen atoms in total. The van der Waals surface area contributed by atoms with E-state index in [0.717, 1.165) is 44.0 Å². The molecule has 2 heterocycles. The molecular weight excluding hydrogens is 380 g/mol. The van der Waals surface area contributed by atoms with Crippen molar-refractivity contribution in [2.45, 2.75) is 13.8 Å². The zero-order chi connectivity index (χ0) is 20.4. The molecule has 0 atom stereocenters. The lowest BCUT2D eigenvalue weighted by Gasteiger charge is -2.19. The van der Waals surface area contributed by atoms with Gasteiger partial charge in [0.2, 0.25) is 5.91 Å². The van der Waals surface area contributed by atoms with Gasteiger partial charge in [-0.05, 0) is 36.6 Å². The van der Waals surface area contributed by atoms with Crippen molar-refractivity contribution in [1.82, 2.24) is 9.97 Å². The predicted octanol–water partition coefficient (Wildman–Crippen LogP) is 5.05. The van der Waals surface area contributed by atoms with E-state index in [2.05, 4.69) is 32.8 Å². The minimum atomic E-state index is -0.0792. The highest BCUT2D eigenvalue weighted by molar-refractivity contribution is 7.17. The molecule has 0 bridgehead atoms. The number of carbonyl (C=O) groups is 1. The second-order valence-electron chi connectivity index (χ2n) is 7.12. The highest BCUT2D eigenvalue weighted by Crippen LogP contribution is 2.37. The van der Waals surface area contributed by atoms with Crippen molar-refractivity contribution in [3.05, 3.63) is 71.4 Å². The average molecular weight is 403 g/mol. The number of anilines is 2. The van der Waals surface area contributed by atoms with Gasteiger partial charge < -0.3 is 10.2 Å². The van der Waals surface area contributed by atoms with E-state index < -0.39 is 0 Å². The second kappa shape index (κ2) is 8.01. The van der Waals surface area contributed by atoms with Crippen molar-refractivity contribution < 1.29 is 4.79 Å². The highest BCUT2D eigenvalue weighted by atomic mass is 32.1. The summed E-state index contributed by atoms with van der Waals surface area (Å²) >= 11 is 1.59. The Morgan fingerprint density at radius 1 is 1.10 bits per heavy atom. The van der Waals surface area contributed by atoms with Gasteiger partial charge in [-0.15, -0.1) is 11.3 Å². The fraction of sp³-hybridized carbons (Fsp3) is 0.174. The van der Waals surface area contributed by atoms with Gasteiger partial charge >= 0.3 is 0 Å². The second-order valence-corrected chi connectivity index (χ2v) is 7.97. The first-order chi connectivity index (χ1) is 14.0. The number of aryl methyl sites for hydroxylation is 2. The van der Waals surface area contributed by atoms with Crippen LogP contribution in [-0.4, -0.2) is 29.5 Å². The van der Waals surface area contributed by atoms with Gasteiger partial charge in [0, 0.05) is 23.7 Å². The number of thiophene rings is 1. The Bertz CT molecular complexity index is 1170. The molecule has 0 spiro atoms. The summed E-state index contributed by atoms with van der Waals surface area (Å²) in [6.45, 7) is 4.20. The SMILES string of the molecule is Cc1ccc(C)c(NC(=O)CN(C)c2ncnc3scc(-c4ccccc4)c23)c1. The summed E-state index contributed by atoms with van der Waals surface area (Å²) in [6, 6.07) is 16.2. The largest absolute Gasteiger partial charge is 0.350 e. The van der Waals surface area contributed by atoms with Crippen molar-refractivity contribution in [2.75, 3.05) is 23.8 Å². The Kier molecular flexibility index (Phi) is 5.27. The lowest BCUT2D eigenvalue weighted by atomic mass is 10.1. The summed E-state index contributed by atoms with van der Waals surface area (Å²) in [7, 11) is 1.89. The highest BCUT2D eigenvalue weighted by Gasteiger charge is 2.18. The standard InChI is InChI=1S/C23H22N4OS/c1-15-9-10-16(2)19(11-15)26-20(28)12-27(3)22-21-18(17-7-5-4-6-8-17)13-29-23(21)25-14-24-22/h4-11,13-14H,12H2,1-3H3,(H,26,28). The van der Waals surface area contributed by atoms with Crippen molar-refractivity contribution in [1.29, 1.82) is 0 Å². The van der Waals surface area contributed by atoms with Gasteiger partial charge in [0.1, 0.15) is 17.0 Å². The minimum absolute atomic E-state index is 0.0792. The Morgan fingerprint density at radius 3 is 2.69 bits per heavy atom. The smallest absolute Gasteiger partial charge is 0.243 e. The van der Waals surface area contributed by atoms with Crippen molar-refractivity contribution in [3.63, 3.8) is 0 Å². The maximum absolute atomic E-state index is 12.7. The van der Waals surface area contributed by atoms with Gasteiger partial charge in [-0.1, -0.05) is 42.5 Å². The van der Waals surface area contributed by atoms with E-state index in [0.29, 0.717) is 0 Å². The van der Waals surface area contributed by atoms with Gasteiger partial charge in [0.05, 0.1) is 11.9 Å². The topological polar surface area (TPSA) is 58.1 Å². The number of amides is 1. The molecule has 0 aliphatic rings. The van der Waals surface area contributed by atoms with E-state index in [1.165, 1.54) is 0 Å². The molecule has 0 aliphatic heterocycles. The van der Waals surface area contributed by atoms with E-state index in [1.54, 1.807) is 17.7 Å². The third-order valence-electron chi connectivity index (χ3n) is 4.84. The molecule has 0 aliphatic carbocycles. The van der Waals surface area contributed by atoms with E-state index in [9.17, 15) is 4.79 Å². The minimum Gasteiger partial charge on any atom is -0.350 e. The number of hydrogen-bond acceptors (Lipinski definition) is 5. The van der Waals surface area contributed by atoms with Crippen LogP contribution < -0.4 is 10.2 Å². The summed E-state index contributed by atoms with van der Waals surface area (Å²) < 4.78 is 0. The molecule has 29 heavy (non-hydrogen) atoms. The normalized spacial score (nSPS) is 10.9. The maximum Gasteiger partial charge on any atom is 0.243 e. The molecule has 4 rings (SSSR count). The molecule has 1 N–H and O–H groups in total. The Balaban J connectivity index is 1.62. The number of carbonyl (C=O) groups excluding carboxylic acids is 1. The Labute approximate surface area is 174 Å². The van der Waals surface area contributed by atoms with Crippen LogP contribution in [0.2, 0.25) is 0 Å². The summed E-state index contributed by atoms with van der Waals surface area (Å²) in [5.41, 5.74) is 5.20. The van der Waals surface area contributed by atoms with Crippen LogP contribution in [0.5, 0.6) is 0 Å². The number of nitrogens with zero attached hydrogens (tertiary/aromatic N) is 3. The molecule has 0 saturated heterocycles. The third kappa shape index (κ3) is 3.98. The fourth-order valence-electron chi connectivity index (χ4n) is 3.33. The Morgan fingerprint density at radius 2 is 1.90 bits per heavy atom. The van der Waals surface area contributed by atoms with Crippen LogP contribution in [0.1, 0.15) is 11.1 Å². The third-order valence-corrected chi connectivity index (χ3v) is 5.73. The number of benzene rings is 2. The van der Waals surface area contributed by atoms with Gasteiger partial charge in [0.15, 0.2) is 0 Å². The quantitative estimate of drug-likeness (QED) is 0.507. The van der Waals surface area contributed by atoms with E-state index in [1.807, 2.05) is 62.2 Å². The van der Waals surface area contributed by atoms with Crippen LogP contribution in [-0.2, 0) is 4.79 Å². The van der Waals surface area contributed by atoms with Gasteiger partial charge in [0.25, 0.3) is 0 Å². The molecule has 2 aromatic heterocycles. The summed E-state index contributed by atoms with van der Waals surface area (Å²) in [4.78, 5) is 24.4. The first-order valence-electron chi connectivity index (χ1n) is 9.39. The molecule has 0 fully saturated rings. The number of nitrogens with one attached hydrogen (secondary N) is 1. The molecule has 4 aromatic rings. The van der Waals surface area contributed by atoms with Crippen LogP contribution in [0.3, 0.4) is 0 Å². The predicted molar refractivity (Wildman–Crippen MR) is 121 cm³/mol. The van der Waals surface area contributed by atoms with Crippen LogP contribution in [0.25, 0.3) is 21.3 Å². The number of fused-ring (bicyclic) bond motifs is 1. The van der Waals surface area contributed by atoms with E-state index in [4.69, 9.17) is 0 Å². The van der Waals surface area contributed by atoms with Crippen molar-refractivity contribution >= 4 is 39.0 Å². The van der Waals surface area contributed by atoms with Crippen LogP contribution >= 0.6 is 11.3 Å². The molecule has 146 valence electrons. The first kappa shape index (κ1) is 19.1. The number of likely N-dealkylation sites (N-methyl/N-ethyl adjacent to an activating group) is 1. The number of rotatable bonds is 5. The molecule has 0 radical (unpaired) electrons. The monoisotopic (exact) mass is 402 g/mol. The number of aromatic nitrogens is 2. The molecule has 0 saturated carbocycles. The molecule has 6 heteroatoms. The molecule has 2 aromatic carbocycles. The van der Waals surface area contributed by atoms with Crippen LogP contribution in [0, 0.1) is 13.8 Å². The Hall–Kier alpha value is -3.25. The molecular formula is C23H22N4OS. The lowest BCUT2D eigenvalue weighted by Crippen LogP contribution is -2.31. The van der Waals surface area contributed by atoms with Gasteiger partial charge in [-0.25, -0.2) is 9.97 Å². The molecule has 0 unspecified atom stereocenters. The lowest BCUT2D eigenvalue weighted by molar-refractivity contribution is -0.114. The number of hydrogen-bond donors (Lipinski definition) is 1. The van der Waals surface area contributed by atoms with Crippen molar-refractivity contribution in [2.24, 2.45) is 0 Å². The van der Waals surface area contributed by atoms with Gasteiger partial charge in [-0.2, -0.15) is 0 Å². The van der Waals surface area contributed by atoms with Gasteiger partial charge in [-0.3, -0.25) is 4.79 Å². The fourth-order valence-corrected chi connectivity index (χ4v) is 4.24. The zero-order valence-corrected chi connectivity index (χ0v) is 17.5. The molecule has 1 amide bonds. The van der Waals surface area contributed by atoms with E-state index >= 15 is 0 Å².